The van der Waals surface area contributed by atoms with Crippen LogP contribution in [-0.4, -0.2) is 16.0 Å². The third-order valence-electron chi connectivity index (χ3n) is 3.02. The Kier molecular flexibility index (Phi) is 4.21. The highest BCUT2D eigenvalue weighted by atomic mass is 16.5. The van der Waals surface area contributed by atoms with E-state index in [2.05, 4.69) is 6.92 Å². The van der Waals surface area contributed by atoms with Gasteiger partial charge in [-0.15, -0.1) is 0 Å². The van der Waals surface area contributed by atoms with Gasteiger partial charge in [-0.05, 0) is 5.92 Å². The van der Waals surface area contributed by atoms with E-state index in [-0.39, 0.29) is 11.8 Å². The Labute approximate surface area is 75.6 Å². The lowest BCUT2D eigenvalue weighted by Gasteiger charge is -2.35. The lowest BCUT2D eigenvalue weighted by molar-refractivity contribution is -0.235. The number of hydrogen-bond acceptors (Lipinski definition) is 2. The fourth-order valence-electron chi connectivity index (χ4n) is 1.30. The van der Waals surface area contributed by atoms with Gasteiger partial charge in [-0.3, -0.25) is 0 Å². The molecule has 2 N–H and O–H groups in total. The first kappa shape index (κ1) is 11.9. The standard InChI is InChI=1S/C10H22O2/c1-6-8(4)9(5)10(11,12)7(2)3/h7-9,11-12H,6H2,1-5H3. The van der Waals surface area contributed by atoms with Gasteiger partial charge in [0.15, 0.2) is 5.79 Å². The minimum Gasteiger partial charge on any atom is -0.365 e. The molecule has 0 saturated heterocycles. The second-order valence-corrected chi connectivity index (χ2v) is 4.11. The third-order valence-corrected chi connectivity index (χ3v) is 3.02. The summed E-state index contributed by atoms with van der Waals surface area (Å²) < 4.78 is 0. The van der Waals surface area contributed by atoms with Crippen LogP contribution in [-0.2, 0) is 0 Å². The minimum absolute atomic E-state index is 0.0671. The molecule has 12 heavy (non-hydrogen) atoms. The van der Waals surface area contributed by atoms with Crippen molar-refractivity contribution < 1.29 is 10.2 Å². The van der Waals surface area contributed by atoms with E-state index in [0.717, 1.165) is 6.42 Å². The Morgan fingerprint density at radius 3 is 1.75 bits per heavy atom. The summed E-state index contributed by atoms with van der Waals surface area (Å²) in [6, 6.07) is 0. The summed E-state index contributed by atoms with van der Waals surface area (Å²) in [4.78, 5) is 0. The maximum Gasteiger partial charge on any atom is 0.167 e. The smallest absolute Gasteiger partial charge is 0.167 e. The van der Waals surface area contributed by atoms with E-state index < -0.39 is 5.79 Å². The van der Waals surface area contributed by atoms with Crippen LogP contribution in [0.3, 0.4) is 0 Å². The number of rotatable bonds is 4. The molecule has 0 heterocycles. The summed E-state index contributed by atoms with van der Waals surface area (Å²) in [5.41, 5.74) is 0. The van der Waals surface area contributed by atoms with Crippen LogP contribution < -0.4 is 0 Å². The highest BCUT2D eigenvalue weighted by Gasteiger charge is 2.36. The predicted molar refractivity (Wildman–Crippen MR) is 50.6 cm³/mol. The Morgan fingerprint density at radius 1 is 1.08 bits per heavy atom. The third kappa shape index (κ3) is 2.46. The zero-order valence-electron chi connectivity index (χ0n) is 8.83. The lowest BCUT2D eigenvalue weighted by atomic mass is 9.81. The summed E-state index contributed by atoms with van der Waals surface area (Å²) in [5, 5.41) is 19.4. The molecule has 0 bridgehead atoms. The zero-order chi connectivity index (χ0) is 9.94. The van der Waals surface area contributed by atoms with E-state index in [0.29, 0.717) is 5.92 Å². The maximum atomic E-state index is 9.72. The Morgan fingerprint density at radius 2 is 1.50 bits per heavy atom. The van der Waals surface area contributed by atoms with Crippen molar-refractivity contribution >= 4 is 0 Å². The molecule has 0 amide bonds. The van der Waals surface area contributed by atoms with Gasteiger partial charge in [0.2, 0.25) is 0 Å². The molecule has 0 fully saturated rings. The van der Waals surface area contributed by atoms with Crippen molar-refractivity contribution in [2.24, 2.45) is 17.8 Å². The first-order valence-electron chi connectivity index (χ1n) is 4.78. The van der Waals surface area contributed by atoms with Gasteiger partial charge < -0.3 is 10.2 Å². The van der Waals surface area contributed by atoms with Gasteiger partial charge in [0.05, 0.1) is 0 Å². The summed E-state index contributed by atoms with van der Waals surface area (Å²) >= 11 is 0. The van der Waals surface area contributed by atoms with Gasteiger partial charge in [-0.2, -0.15) is 0 Å². The van der Waals surface area contributed by atoms with Gasteiger partial charge in [-0.1, -0.05) is 41.0 Å². The maximum absolute atomic E-state index is 9.72. The van der Waals surface area contributed by atoms with E-state index >= 15 is 0 Å². The van der Waals surface area contributed by atoms with E-state index in [1.165, 1.54) is 0 Å². The van der Waals surface area contributed by atoms with Gasteiger partial charge in [-0.25, -0.2) is 0 Å². The van der Waals surface area contributed by atoms with Crippen LogP contribution in [0.4, 0.5) is 0 Å². The van der Waals surface area contributed by atoms with Gasteiger partial charge in [0.25, 0.3) is 0 Å². The number of aliphatic hydroxyl groups is 2. The molecule has 2 heteroatoms. The topological polar surface area (TPSA) is 40.5 Å². The first-order chi connectivity index (χ1) is 5.34. The normalized spacial score (nSPS) is 18.0. The summed E-state index contributed by atoms with van der Waals surface area (Å²) in [5.74, 6) is -1.35. The quantitative estimate of drug-likeness (QED) is 0.640. The van der Waals surface area contributed by atoms with E-state index in [9.17, 15) is 10.2 Å². The van der Waals surface area contributed by atoms with Crippen LogP contribution in [0.1, 0.15) is 41.0 Å². The second kappa shape index (κ2) is 4.24. The number of hydrogen-bond donors (Lipinski definition) is 2. The van der Waals surface area contributed by atoms with Crippen molar-refractivity contribution in [3.05, 3.63) is 0 Å². The molecule has 0 spiro atoms. The molecule has 2 unspecified atom stereocenters. The fraction of sp³-hybridized carbons (Fsp3) is 1.00. The van der Waals surface area contributed by atoms with Crippen LogP contribution in [0.2, 0.25) is 0 Å². The molecule has 0 aromatic carbocycles. The molecule has 0 aromatic rings. The predicted octanol–water partition coefficient (Wildman–Crippen LogP) is 2.01. The molecular formula is C10H22O2. The second-order valence-electron chi connectivity index (χ2n) is 4.11. The Hall–Kier alpha value is -0.0800. The highest BCUT2D eigenvalue weighted by molar-refractivity contribution is 4.78. The molecule has 0 aliphatic carbocycles. The van der Waals surface area contributed by atoms with E-state index in [1.54, 1.807) is 0 Å². The van der Waals surface area contributed by atoms with Gasteiger partial charge in [0, 0.05) is 11.8 Å². The van der Waals surface area contributed by atoms with Crippen molar-refractivity contribution in [2.45, 2.75) is 46.8 Å². The molecule has 0 radical (unpaired) electrons. The van der Waals surface area contributed by atoms with Crippen molar-refractivity contribution in [3.63, 3.8) is 0 Å². The molecular weight excluding hydrogens is 152 g/mol. The van der Waals surface area contributed by atoms with Crippen molar-refractivity contribution in [3.8, 4) is 0 Å². The monoisotopic (exact) mass is 174 g/mol. The SMILES string of the molecule is CCC(C)C(C)C(O)(O)C(C)C. The van der Waals surface area contributed by atoms with Crippen molar-refractivity contribution in [2.75, 3.05) is 0 Å². The minimum atomic E-state index is -1.52. The first-order valence-corrected chi connectivity index (χ1v) is 4.78. The summed E-state index contributed by atoms with van der Waals surface area (Å²) in [6.45, 7) is 9.68. The molecule has 2 nitrogen and oxygen atoms in total. The van der Waals surface area contributed by atoms with Crippen LogP contribution in [0.15, 0.2) is 0 Å². The molecule has 0 rings (SSSR count). The van der Waals surface area contributed by atoms with E-state index in [4.69, 9.17) is 0 Å². The molecule has 74 valence electrons. The molecule has 0 aliphatic rings. The molecule has 0 aliphatic heterocycles. The molecule has 2 atom stereocenters. The Balaban J connectivity index is 4.34. The van der Waals surface area contributed by atoms with E-state index in [1.807, 2.05) is 27.7 Å². The highest BCUT2D eigenvalue weighted by Crippen LogP contribution is 2.30. The summed E-state index contributed by atoms with van der Waals surface area (Å²) in [6.07, 6.45) is 0.983. The average Bonchev–Trinajstić information content (AvgIpc) is 2.01. The van der Waals surface area contributed by atoms with Crippen molar-refractivity contribution in [1.82, 2.24) is 0 Å². The van der Waals surface area contributed by atoms with Gasteiger partial charge >= 0.3 is 0 Å². The van der Waals surface area contributed by atoms with Crippen LogP contribution in [0.5, 0.6) is 0 Å². The zero-order valence-corrected chi connectivity index (χ0v) is 8.83. The largest absolute Gasteiger partial charge is 0.365 e. The van der Waals surface area contributed by atoms with Gasteiger partial charge in [0.1, 0.15) is 0 Å². The van der Waals surface area contributed by atoms with Crippen LogP contribution >= 0.6 is 0 Å². The summed E-state index contributed by atoms with van der Waals surface area (Å²) in [7, 11) is 0. The van der Waals surface area contributed by atoms with Crippen LogP contribution in [0, 0.1) is 17.8 Å². The van der Waals surface area contributed by atoms with Crippen molar-refractivity contribution in [1.29, 1.82) is 0 Å². The van der Waals surface area contributed by atoms with Crippen LogP contribution in [0.25, 0.3) is 0 Å². The lowest BCUT2D eigenvalue weighted by Crippen LogP contribution is -2.44. The fourth-order valence-corrected chi connectivity index (χ4v) is 1.30. The average molecular weight is 174 g/mol. The Bertz CT molecular complexity index is 130. The molecule has 0 saturated carbocycles. The molecule has 0 aromatic heterocycles.